The largest absolute Gasteiger partial charge is 0.358 e. The molecule has 1 aliphatic rings. The summed E-state index contributed by atoms with van der Waals surface area (Å²) in [4.78, 5) is 29.0. The summed E-state index contributed by atoms with van der Waals surface area (Å²) in [5, 5.41) is 3.29. The van der Waals surface area contributed by atoms with E-state index in [9.17, 15) is 14.0 Å². The van der Waals surface area contributed by atoms with Gasteiger partial charge in [0, 0.05) is 20.6 Å². The lowest BCUT2D eigenvalue weighted by Crippen LogP contribution is -3.15. The average Bonchev–Trinajstić information content (AvgIpc) is 2.81. The maximum Gasteiger partial charge on any atom is 0.279 e. The van der Waals surface area contributed by atoms with Crippen molar-refractivity contribution >= 4 is 50.6 Å². The summed E-state index contributed by atoms with van der Waals surface area (Å²) in [6.45, 7) is 3.01. The molecule has 8 heteroatoms. The lowest BCUT2D eigenvalue weighted by molar-refractivity contribution is -0.892. The number of hydrogen-bond donors (Lipinski definition) is 2. The third kappa shape index (κ3) is 5.61. The number of carbonyl (C=O) groups is 2. The maximum absolute atomic E-state index is 14.1. The second kappa shape index (κ2) is 10.5. The van der Waals surface area contributed by atoms with Crippen LogP contribution in [0.2, 0.25) is 5.02 Å². The molecule has 2 N–H and O–H groups in total. The molecule has 5 nitrogen and oxygen atoms in total. The van der Waals surface area contributed by atoms with Crippen LogP contribution in [0.5, 0.6) is 0 Å². The highest BCUT2D eigenvalue weighted by Gasteiger charge is 2.25. The fourth-order valence-electron chi connectivity index (χ4n) is 3.97. The topological polar surface area (TPSA) is 53.9 Å². The van der Waals surface area contributed by atoms with Crippen LogP contribution < -0.4 is 15.1 Å². The molecule has 1 heterocycles. The Bertz CT molecular complexity index is 1180. The molecule has 170 valence electrons. The van der Waals surface area contributed by atoms with Crippen molar-refractivity contribution in [1.29, 1.82) is 0 Å². The molecule has 0 aromatic heterocycles. The molecule has 0 unspecified atom stereocenters. The molecule has 3 aromatic carbocycles. The Morgan fingerprint density at radius 1 is 1.00 bits per heavy atom. The normalized spacial score (nSPS) is 14.2. The van der Waals surface area contributed by atoms with Crippen LogP contribution in [0.25, 0.3) is 0 Å². The second-order valence-corrected chi connectivity index (χ2v) is 9.20. The quantitative estimate of drug-likeness (QED) is 0.476. The van der Waals surface area contributed by atoms with E-state index in [-0.39, 0.29) is 24.1 Å². The fourth-order valence-corrected chi connectivity index (χ4v) is 4.61. The van der Waals surface area contributed by atoms with Crippen molar-refractivity contribution in [3.8, 4) is 0 Å². The molecule has 33 heavy (non-hydrogen) atoms. The van der Waals surface area contributed by atoms with E-state index in [1.54, 1.807) is 48.5 Å². The van der Waals surface area contributed by atoms with Crippen LogP contribution in [-0.4, -0.2) is 44.4 Å². The predicted octanol–water partition coefficient (Wildman–Crippen LogP) is 3.82. The summed E-state index contributed by atoms with van der Waals surface area (Å²) in [6.07, 6.45) is 0. The molecule has 0 atom stereocenters. The van der Waals surface area contributed by atoms with Crippen molar-refractivity contribution in [2.75, 3.05) is 42.9 Å². The van der Waals surface area contributed by atoms with E-state index >= 15 is 0 Å². The van der Waals surface area contributed by atoms with Gasteiger partial charge in [0.1, 0.15) is 5.82 Å². The van der Waals surface area contributed by atoms with Gasteiger partial charge in [-0.15, -0.1) is 0 Å². The van der Waals surface area contributed by atoms with Crippen LogP contribution in [0.4, 0.5) is 15.8 Å². The van der Waals surface area contributed by atoms with Crippen LogP contribution >= 0.6 is 27.5 Å². The zero-order valence-electron chi connectivity index (χ0n) is 17.8. The van der Waals surface area contributed by atoms with Gasteiger partial charge in [-0.3, -0.25) is 9.59 Å². The smallest absolute Gasteiger partial charge is 0.279 e. The van der Waals surface area contributed by atoms with Crippen LogP contribution in [0, 0.1) is 5.82 Å². The summed E-state index contributed by atoms with van der Waals surface area (Å²) in [5.41, 5.74) is 1.85. The number of nitrogens with zero attached hydrogens (tertiary/aromatic N) is 1. The number of para-hydroxylation sites is 1. The lowest BCUT2D eigenvalue weighted by Gasteiger charge is -2.33. The van der Waals surface area contributed by atoms with Gasteiger partial charge in [0.05, 0.1) is 37.6 Å². The van der Waals surface area contributed by atoms with Crippen molar-refractivity contribution in [2.45, 2.75) is 0 Å². The van der Waals surface area contributed by atoms with Gasteiger partial charge in [-0.1, -0.05) is 51.8 Å². The average molecular weight is 532 g/mol. The summed E-state index contributed by atoms with van der Waals surface area (Å²) in [6, 6.07) is 18.7. The number of amides is 1. The molecule has 1 aliphatic heterocycles. The molecule has 4 rings (SSSR count). The van der Waals surface area contributed by atoms with Crippen LogP contribution in [0.3, 0.4) is 0 Å². The summed E-state index contributed by atoms with van der Waals surface area (Å²) in [7, 11) is 0. The zero-order valence-corrected chi connectivity index (χ0v) is 20.1. The van der Waals surface area contributed by atoms with Gasteiger partial charge in [-0.2, -0.15) is 0 Å². The molecule has 1 fully saturated rings. The number of carbonyl (C=O) groups excluding carboxylic acids is 2. The molecule has 0 saturated carbocycles. The minimum absolute atomic E-state index is 0.187. The lowest BCUT2D eigenvalue weighted by atomic mass is 10.0. The van der Waals surface area contributed by atoms with E-state index in [1.165, 1.54) is 6.07 Å². The molecule has 3 aromatic rings. The number of nitrogens with one attached hydrogen (secondary N) is 2. The van der Waals surface area contributed by atoms with E-state index < -0.39 is 0 Å². The first-order valence-corrected chi connectivity index (χ1v) is 11.8. The Kier molecular flexibility index (Phi) is 7.42. The van der Waals surface area contributed by atoms with E-state index in [1.807, 2.05) is 17.0 Å². The predicted molar refractivity (Wildman–Crippen MR) is 132 cm³/mol. The first-order chi connectivity index (χ1) is 15.9. The number of rotatable bonds is 6. The van der Waals surface area contributed by atoms with Gasteiger partial charge in [0.2, 0.25) is 0 Å². The van der Waals surface area contributed by atoms with Crippen molar-refractivity contribution in [2.24, 2.45) is 0 Å². The van der Waals surface area contributed by atoms with Gasteiger partial charge >= 0.3 is 0 Å². The summed E-state index contributed by atoms with van der Waals surface area (Å²) >= 11 is 9.55. The molecule has 0 aliphatic carbocycles. The monoisotopic (exact) mass is 530 g/mol. The van der Waals surface area contributed by atoms with E-state index in [0.29, 0.717) is 58.2 Å². The fraction of sp³-hybridized carbons (Fsp3) is 0.200. The second-order valence-electron chi connectivity index (χ2n) is 7.91. The first kappa shape index (κ1) is 23.4. The number of hydrogen-bond acceptors (Lipinski definition) is 3. The van der Waals surface area contributed by atoms with Crippen LogP contribution in [0.1, 0.15) is 15.9 Å². The van der Waals surface area contributed by atoms with Gasteiger partial charge in [0.15, 0.2) is 12.3 Å². The Hall–Kier alpha value is -2.74. The Labute approximate surface area is 205 Å². The molecule has 0 spiro atoms. The first-order valence-electron chi connectivity index (χ1n) is 10.6. The Balaban J connectivity index is 1.41. The van der Waals surface area contributed by atoms with Gasteiger partial charge in [-0.05, 0) is 42.5 Å². The van der Waals surface area contributed by atoms with E-state index in [0.717, 1.165) is 4.90 Å². The molecule has 0 radical (unpaired) electrons. The molecular formula is C25H23BrClFN3O2+. The van der Waals surface area contributed by atoms with Crippen LogP contribution in [0.15, 0.2) is 71.2 Å². The van der Waals surface area contributed by atoms with Crippen molar-refractivity contribution in [3.05, 3.63) is 93.2 Å². The van der Waals surface area contributed by atoms with Crippen molar-refractivity contribution < 1.29 is 18.9 Å². The molecule has 0 bridgehead atoms. The number of benzene rings is 3. The summed E-state index contributed by atoms with van der Waals surface area (Å²) in [5.74, 6) is -0.650. The SMILES string of the molecule is O=C(C[NH+]1CCN(c2ccccc2F)CC1)Nc1ccc(Cl)cc1C(=O)c1ccccc1Br. The maximum atomic E-state index is 14.1. The van der Waals surface area contributed by atoms with E-state index in [2.05, 4.69) is 21.2 Å². The van der Waals surface area contributed by atoms with Gasteiger partial charge in [0.25, 0.3) is 5.91 Å². The number of quaternary nitrogens is 1. The molecular weight excluding hydrogens is 509 g/mol. The number of piperazine rings is 1. The third-order valence-electron chi connectivity index (χ3n) is 5.69. The Morgan fingerprint density at radius 2 is 1.70 bits per heavy atom. The Morgan fingerprint density at radius 3 is 2.42 bits per heavy atom. The van der Waals surface area contributed by atoms with Gasteiger partial charge in [-0.25, -0.2) is 4.39 Å². The zero-order chi connectivity index (χ0) is 23.4. The number of anilines is 2. The standard InChI is InChI=1S/C25H22BrClFN3O2/c26-20-6-2-1-5-18(20)25(33)19-15-17(27)9-10-22(19)29-24(32)16-30-11-13-31(14-12-30)23-8-4-3-7-21(23)28/h1-10,15H,11-14,16H2,(H,29,32)/p+1. The highest BCUT2D eigenvalue weighted by molar-refractivity contribution is 9.10. The molecule has 1 saturated heterocycles. The number of ketones is 1. The minimum atomic E-state index is -0.233. The minimum Gasteiger partial charge on any atom is -0.358 e. The van der Waals surface area contributed by atoms with E-state index in [4.69, 9.17) is 11.6 Å². The highest BCUT2D eigenvalue weighted by Crippen LogP contribution is 2.26. The highest BCUT2D eigenvalue weighted by atomic mass is 79.9. The van der Waals surface area contributed by atoms with Gasteiger partial charge < -0.3 is 15.1 Å². The summed E-state index contributed by atoms with van der Waals surface area (Å²) < 4.78 is 14.7. The molecule has 1 amide bonds. The van der Waals surface area contributed by atoms with Crippen molar-refractivity contribution in [3.63, 3.8) is 0 Å². The van der Waals surface area contributed by atoms with Crippen molar-refractivity contribution in [1.82, 2.24) is 0 Å². The van der Waals surface area contributed by atoms with Crippen LogP contribution in [-0.2, 0) is 4.79 Å². The third-order valence-corrected chi connectivity index (χ3v) is 6.62. The number of halogens is 3.